The summed E-state index contributed by atoms with van der Waals surface area (Å²) in [6.45, 7) is 7.47. The first-order chi connectivity index (χ1) is 16.3. The lowest BCUT2D eigenvalue weighted by molar-refractivity contribution is 0.101. The number of aromatic nitrogens is 4. The number of methoxy groups -OCH3 is 1. The fourth-order valence-corrected chi connectivity index (χ4v) is 5.91. The van der Waals surface area contributed by atoms with Crippen LogP contribution in [-0.4, -0.2) is 44.2 Å². The molecule has 0 spiro atoms. The van der Waals surface area contributed by atoms with Crippen molar-refractivity contribution in [2.24, 2.45) is 5.92 Å². The molecule has 0 saturated heterocycles. The maximum Gasteiger partial charge on any atom is 0.192 e. The van der Waals surface area contributed by atoms with E-state index in [0.29, 0.717) is 17.2 Å². The predicted molar refractivity (Wildman–Crippen MR) is 134 cm³/mol. The van der Waals surface area contributed by atoms with Crippen molar-refractivity contribution in [2.45, 2.75) is 64.6 Å². The van der Waals surface area contributed by atoms with Gasteiger partial charge < -0.3 is 9.72 Å². The number of H-pyrrole nitrogens is 1. The van der Waals surface area contributed by atoms with Crippen LogP contribution in [0.15, 0.2) is 29.4 Å². The van der Waals surface area contributed by atoms with Gasteiger partial charge in [-0.1, -0.05) is 31.5 Å². The van der Waals surface area contributed by atoms with Crippen LogP contribution in [0.2, 0.25) is 0 Å². The Balaban J connectivity index is 1.64. The van der Waals surface area contributed by atoms with Gasteiger partial charge >= 0.3 is 0 Å². The van der Waals surface area contributed by atoms with Crippen molar-refractivity contribution in [1.29, 1.82) is 0 Å². The van der Waals surface area contributed by atoms with E-state index in [2.05, 4.69) is 26.7 Å². The number of nitrogens with zero attached hydrogens (tertiary/aromatic N) is 3. The third-order valence-electron chi connectivity index (χ3n) is 6.81. The number of hydrogen-bond acceptors (Lipinski definition) is 6. The van der Waals surface area contributed by atoms with Gasteiger partial charge in [0.15, 0.2) is 22.5 Å². The van der Waals surface area contributed by atoms with Gasteiger partial charge in [-0.25, -0.2) is 0 Å². The number of rotatable bonds is 8. The highest BCUT2D eigenvalue weighted by Gasteiger charge is 2.29. The highest BCUT2D eigenvalue weighted by atomic mass is 32.2. The van der Waals surface area contributed by atoms with Gasteiger partial charge in [0.1, 0.15) is 5.75 Å². The number of aryl methyl sites for hydroxylation is 1. The SMILES string of the molecule is COc1ccc(-c2nnc(SCC(=O)c3[nH]c(C)c(C(C)=O)c3C)n2[C@@H]2CCCC[C@H]2C)cc1. The Morgan fingerprint density at radius 2 is 1.85 bits per heavy atom. The molecule has 180 valence electrons. The van der Waals surface area contributed by atoms with Gasteiger partial charge in [0.25, 0.3) is 0 Å². The van der Waals surface area contributed by atoms with E-state index in [-0.39, 0.29) is 23.4 Å². The van der Waals surface area contributed by atoms with Crippen molar-refractivity contribution in [3.05, 3.63) is 46.8 Å². The van der Waals surface area contributed by atoms with E-state index in [1.165, 1.54) is 37.9 Å². The average molecular weight is 481 g/mol. The molecule has 4 rings (SSSR count). The lowest BCUT2D eigenvalue weighted by atomic mass is 9.85. The maximum atomic E-state index is 13.1. The van der Waals surface area contributed by atoms with Crippen LogP contribution in [0.4, 0.5) is 0 Å². The Labute approximate surface area is 204 Å². The second-order valence-corrected chi connectivity index (χ2v) is 10.1. The van der Waals surface area contributed by atoms with Crippen molar-refractivity contribution in [1.82, 2.24) is 19.7 Å². The maximum absolute atomic E-state index is 13.1. The first-order valence-electron chi connectivity index (χ1n) is 11.8. The van der Waals surface area contributed by atoms with Gasteiger partial charge in [-0.15, -0.1) is 10.2 Å². The number of Topliss-reactive ketones (excluding diaryl/α,β-unsaturated/α-hetero) is 2. The summed E-state index contributed by atoms with van der Waals surface area (Å²) >= 11 is 1.41. The van der Waals surface area contributed by atoms with Crippen LogP contribution >= 0.6 is 11.8 Å². The molecule has 1 saturated carbocycles. The molecular formula is C26H32N4O3S. The highest BCUT2D eigenvalue weighted by Crippen LogP contribution is 2.39. The zero-order chi connectivity index (χ0) is 24.4. The van der Waals surface area contributed by atoms with Crippen LogP contribution in [0.5, 0.6) is 5.75 Å². The molecule has 1 aliphatic carbocycles. The number of thioether (sulfide) groups is 1. The third kappa shape index (κ3) is 4.69. The van der Waals surface area contributed by atoms with Crippen molar-refractivity contribution in [2.75, 3.05) is 12.9 Å². The number of benzene rings is 1. The Bertz CT molecular complexity index is 1200. The van der Waals surface area contributed by atoms with Crippen LogP contribution in [0.25, 0.3) is 11.4 Å². The van der Waals surface area contributed by atoms with Gasteiger partial charge in [-0.2, -0.15) is 0 Å². The van der Waals surface area contributed by atoms with E-state index in [1.807, 2.05) is 38.1 Å². The molecule has 1 fully saturated rings. The van der Waals surface area contributed by atoms with Crippen LogP contribution in [0.3, 0.4) is 0 Å². The molecule has 1 N–H and O–H groups in total. The molecule has 2 aromatic heterocycles. The van der Waals surface area contributed by atoms with Crippen molar-refractivity contribution < 1.29 is 14.3 Å². The zero-order valence-corrected chi connectivity index (χ0v) is 21.3. The molecule has 8 heteroatoms. The van der Waals surface area contributed by atoms with E-state index in [4.69, 9.17) is 4.74 Å². The highest BCUT2D eigenvalue weighted by molar-refractivity contribution is 7.99. The van der Waals surface area contributed by atoms with Crippen molar-refractivity contribution in [3.63, 3.8) is 0 Å². The molecule has 0 bridgehead atoms. The Kier molecular flexibility index (Phi) is 7.26. The third-order valence-corrected chi connectivity index (χ3v) is 7.75. The summed E-state index contributed by atoms with van der Waals surface area (Å²) in [5.41, 5.74) is 3.54. The summed E-state index contributed by atoms with van der Waals surface area (Å²) in [5.74, 6) is 2.26. The summed E-state index contributed by atoms with van der Waals surface area (Å²) in [6, 6.07) is 8.15. The molecule has 2 heterocycles. The van der Waals surface area contributed by atoms with Crippen LogP contribution in [-0.2, 0) is 0 Å². The van der Waals surface area contributed by atoms with E-state index in [0.717, 1.165) is 40.0 Å². The number of carbonyl (C=O) groups excluding carboxylic acids is 2. The molecule has 0 aliphatic heterocycles. The van der Waals surface area contributed by atoms with Gasteiger partial charge in [-0.05, 0) is 69.4 Å². The normalized spacial score (nSPS) is 18.1. The second kappa shape index (κ2) is 10.2. The fourth-order valence-electron chi connectivity index (χ4n) is 5.05. The zero-order valence-electron chi connectivity index (χ0n) is 20.5. The summed E-state index contributed by atoms with van der Waals surface area (Å²) in [5, 5.41) is 9.82. The Morgan fingerprint density at radius 1 is 1.15 bits per heavy atom. The molecule has 2 atom stereocenters. The molecule has 1 aromatic carbocycles. The minimum atomic E-state index is -0.0460. The molecule has 34 heavy (non-hydrogen) atoms. The fraction of sp³-hybridized carbons (Fsp3) is 0.462. The van der Waals surface area contributed by atoms with Gasteiger partial charge in [0.05, 0.1) is 18.6 Å². The standard InChI is InChI=1S/C26H32N4O3S/c1-15-8-6-7-9-21(15)30-25(19-10-12-20(33-5)13-11-19)28-29-26(30)34-14-22(32)24-16(2)23(18(4)31)17(3)27-24/h10-13,15,21,27H,6-9,14H2,1-5H3/t15-,21-/m1/s1. The molecule has 7 nitrogen and oxygen atoms in total. The molecule has 0 amide bonds. The molecule has 0 unspecified atom stereocenters. The van der Waals surface area contributed by atoms with Crippen LogP contribution in [0.1, 0.15) is 77.7 Å². The minimum Gasteiger partial charge on any atom is -0.497 e. The second-order valence-electron chi connectivity index (χ2n) is 9.13. The number of ketones is 2. The summed E-state index contributed by atoms with van der Waals surface area (Å²) in [4.78, 5) is 28.2. The molecule has 3 aromatic rings. The van der Waals surface area contributed by atoms with E-state index < -0.39 is 0 Å². The average Bonchev–Trinajstić information content (AvgIpc) is 3.38. The lowest BCUT2D eigenvalue weighted by Gasteiger charge is -2.31. The monoisotopic (exact) mass is 480 g/mol. The molecular weight excluding hydrogens is 448 g/mol. The number of aromatic amines is 1. The van der Waals surface area contributed by atoms with E-state index >= 15 is 0 Å². The van der Waals surface area contributed by atoms with E-state index in [9.17, 15) is 9.59 Å². The van der Waals surface area contributed by atoms with Crippen LogP contribution in [0, 0.1) is 19.8 Å². The van der Waals surface area contributed by atoms with Crippen molar-refractivity contribution >= 4 is 23.3 Å². The number of nitrogens with one attached hydrogen (secondary N) is 1. The van der Waals surface area contributed by atoms with Gasteiger partial charge in [0.2, 0.25) is 0 Å². The summed E-state index contributed by atoms with van der Waals surface area (Å²) < 4.78 is 7.54. The van der Waals surface area contributed by atoms with Crippen LogP contribution < -0.4 is 4.74 Å². The minimum absolute atomic E-state index is 0.0342. The largest absolute Gasteiger partial charge is 0.497 e. The first-order valence-corrected chi connectivity index (χ1v) is 12.8. The summed E-state index contributed by atoms with van der Waals surface area (Å²) in [6.07, 6.45) is 4.65. The van der Waals surface area contributed by atoms with Gasteiger partial charge in [-0.3, -0.25) is 14.2 Å². The van der Waals surface area contributed by atoms with E-state index in [1.54, 1.807) is 7.11 Å². The lowest BCUT2D eigenvalue weighted by Crippen LogP contribution is -2.22. The smallest absolute Gasteiger partial charge is 0.192 e. The topological polar surface area (TPSA) is 89.9 Å². The first kappa shape index (κ1) is 24.3. The van der Waals surface area contributed by atoms with Crippen molar-refractivity contribution in [3.8, 4) is 17.1 Å². The molecule has 0 radical (unpaired) electrons. The number of ether oxygens (including phenoxy) is 1. The number of carbonyl (C=O) groups is 2. The number of hydrogen-bond donors (Lipinski definition) is 1. The Morgan fingerprint density at radius 3 is 2.47 bits per heavy atom. The summed E-state index contributed by atoms with van der Waals surface area (Å²) in [7, 11) is 1.65. The quantitative estimate of drug-likeness (QED) is 0.322. The molecule has 1 aliphatic rings. The van der Waals surface area contributed by atoms with Gasteiger partial charge in [0, 0.05) is 22.9 Å². The Hall–Kier alpha value is -2.87. The predicted octanol–water partition coefficient (Wildman–Crippen LogP) is 5.83.